The van der Waals surface area contributed by atoms with Crippen LogP contribution in [0.3, 0.4) is 0 Å². The number of hydrazine groups is 1. The van der Waals surface area contributed by atoms with Crippen LogP contribution in [0.1, 0.15) is 0 Å². The molecule has 3 heterocycles. The highest BCUT2D eigenvalue weighted by atomic mass is 35.5. The smallest absolute Gasteiger partial charge is 0.257 e. The van der Waals surface area contributed by atoms with E-state index < -0.39 is 0 Å². The molecular weight excluding hydrogens is 284 g/mol. The van der Waals surface area contributed by atoms with Crippen molar-refractivity contribution >= 4 is 23.5 Å². The molecule has 0 aliphatic carbocycles. The Morgan fingerprint density at radius 3 is 2.60 bits per heavy atom. The minimum atomic E-state index is 0.267. The molecule has 9 nitrogen and oxygen atoms in total. The summed E-state index contributed by atoms with van der Waals surface area (Å²) in [6.45, 7) is 2.71. The van der Waals surface area contributed by atoms with E-state index in [1.165, 1.54) is 10.9 Å². The van der Waals surface area contributed by atoms with E-state index in [4.69, 9.17) is 22.2 Å². The van der Waals surface area contributed by atoms with Crippen LogP contribution in [-0.2, 0) is 4.74 Å². The molecule has 0 bridgehead atoms. The van der Waals surface area contributed by atoms with Gasteiger partial charge in [0.1, 0.15) is 0 Å². The molecule has 2 aromatic rings. The Bertz CT molecular complexity index is 597. The Morgan fingerprint density at radius 2 is 1.95 bits per heavy atom. The number of morpholine rings is 1. The van der Waals surface area contributed by atoms with E-state index in [0.29, 0.717) is 43.2 Å². The summed E-state index contributed by atoms with van der Waals surface area (Å²) in [7, 11) is 0. The van der Waals surface area contributed by atoms with Gasteiger partial charge in [-0.3, -0.25) is 5.43 Å². The molecule has 0 amide bonds. The predicted molar refractivity (Wildman–Crippen MR) is 72.8 cm³/mol. The van der Waals surface area contributed by atoms with Crippen LogP contribution >= 0.6 is 11.6 Å². The maximum Gasteiger partial charge on any atom is 0.257 e. The van der Waals surface area contributed by atoms with Gasteiger partial charge in [-0.15, -0.1) is 0 Å². The Kier molecular flexibility index (Phi) is 3.63. The van der Waals surface area contributed by atoms with E-state index in [1.807, 2.05) is 4.90 Å². The molecule has 0 radical (unpaired) electrons. The first-order valence-corrected chi connectivity index (χ1v) is 6.40. The number of nitrogen functional groups attached to an aromatic ring is 1. The molecule has 0 saturated carbocycles. The zero-order chi connectivity index (χ0) is 13.9. The largest absolute Gasteiger partial charge is 0.378 e. The summed E-state index contributed by atoms with van der Waals surface area (Å²) in [6, 6.07) is 0. The predicted octanol–water partition coefficient (Wildman–Crippen LogP) is -0.167. The molecule has 0 atom stereocenters. The Labute approximate surface area is 119 Å². The van der Waals surface area contributed by atoms with E-state index in [0.717, 1.165) is 0 Å². The highest BCUT2D eigenvalue weighted by Gasteiger charge is 2.17. The molecule has 1 saturated heterocycles. The van der Waals surface area contributed by atoms with Crippen molar-refractivity contribution in [2.45, 2.75) is 0 Å². The molecule has 0 unspecified atom stereocenters. The average Bonchev–Trinajstić information content (AvgIpc) is 2.94. The van der Waals surface area contributed by atoms with E-state index >= 15 is 0 Å². The maximum absolute atomic E-state index is 5.85. The van der Waals surface area contributed by atoms with E-state index in [2.05, 4.69) is 25.5 Å². The second-order valence-corrected chi connectivity index (χ2v) is 4.54. The third kappa shape index (κ3) is 2.64. The van der Waals surface area contributed by atoms with Crippen LogP contribution in [0.5, 0.6) is 0 Å². The molecule has 1 aliphatic rings. The number of nitrogens with one attached hydrogen (secondary N) is 1. The molecule has 10 heteroatoms. The van der Waals surface area contributed by atoms with Gasteiger partial charge in [-0.1, -0.05) is 11.6 Å². The van der Waals surface area contributed by atoms with Gasteiger partial charge in [0.15, 0.2) is 0 Å². The van der Waals surface area contributed by atoms with Gasteiger partial charge in [-0.05, 0) is 0 Å². The molecule has 0 aromatic carbocycles. The summed E-state index contributed by atoms with van der Waals surface area (Å²) < 4.78 is 6.77. The number of nitrogens with two attached hydrogens (primary N) is 1. The van der Waals surface area contributed by atoms with Gasteiger partial charge in [0.25, 0.3) is 5.95 Å². The zero-order valence-corrected chi connectivity index (χ0v) is 11.3. The van der Waals surface area contributed by atoms with Crippen LogP contribution in [0.15, 0.2) is 12.4 Å². The highest BCUT2D eigenvalue weighted by molar-refractivity contribution is 6.30. The summed E-state index contributed by atoms with van der Waals surface area (Å²) >= 11 is 5.85. The van der Waals surface area contributed by atoms with Crippen molar-refractivity contribution in [1.29, 1.82) is 0 Å². The third-order valence-corrected chi connectivity index (χ3v) is 2.99. The van der Waals surface area contributed by atoms with Crippen molar-refractivity contribution in [3.63, 3.8) is 0 Å². The van der Waals surface area contributed by atoms with E-state index in [9.17, 15) is 0 Å². The van der Waals surface area contributed by atoms with E-state index in [1.54, 1.807) is 6.20 Å². The zero-order valence-electron chi connectivity index (χ0n) is 10.5. The van der Waals surface area contributed by atoms with Crippen LogP contribution < -0.4 is 16.2 Å². The highest BCUT2D eigenvalue weighted by Crippen LogP contribution is 2.15. The maximum atomic E-state index is 5.85. The molecule has 106 valence electrons. The SMILES string of the molecule is NNc1nc(N2CCOCC2)nc(-n2cc(Cl)cn2)n1. The Balaban J connectivity index is 1.97. The summed E-state index contributed by atoms with van der Waals surface area (Å²) in [4.78, 5) is 14.8. The van der Waals surface area contributed by atoms with Gasteiger partial charge in [-0.25, -0.2) is 10.5 Å². The van der Waals surface area contributed by atoms with Crippen LogP contribution in [0.4, 0.5) is 11.9 Å². The van der Waals surface area contributed by atoms with Crippen molar-refractivity contribution in [2.75, 3.05) is 36.6 Å². The molecule has 1 fully saturated rings. The first-order valence-electron chi connectivity index (χ1n) is 6.02. The van der Waals surface area contributed by atoms with Crippen LogP contribution in [0.2, 0.25) is 5.02 Å². The van der Waals surface area contributed by atoms with Crippen LogP contribution in [0, 0.1) is 0 Å². The fourth-order valence-electron chi connectivity index (χ4n) is 1.84. The number of nitrogens with zero attached hydrogens (tertiary/aromatic N) is 6. The number of ether oxygens (including phenoxy) is 1. The van der Waals surface area contributed by atoms with Gasteiger partial charge >= 0.3 is 0 Å². The summed E-state index contributed by atoms with van der Waals surface area (Å²) in [5.41, 5.74) is 2.43. The monoisotopic (exact) mass is 296 g/mol. The lowest BCUT2D eigenvalue weighted by Gasteiger charge is -2.26. The molecule has 3 N–H and O–H groups in total. The first-order chi connectivity index (χ1) is 9.76. The van der Waals surface area contributed by atoms with Crippen LogP contribution in [-0.4, -0.2) is 51.0 Å². The van der Waals surface area contributed by atoms with Gasteiger partial charge in [0, 0.05) is 13.1 Å². The summed E-state index contributed by atoms with van der Waals surface area (Å²) in [5, 5.41) is 4.57. The van der Waals surface area contributed by atoms with Gasteiger partial charge < -0.3 is 9.64 Å². The molecule has 3 rings (SSSR count). The van der Waals surface area contributed by atoms with Crippen molar-refractivity contribution in [3.05, 3.63) is 17.4 Å². The van der Waals surface area contributed by atoms with Crippen molar-refractivity contribution in [3.8, 4) is 5.95 Å². The van der Waals surface area contributed by atoms with Crippen LogP contribution in [0.25, 0.3) is 5.95 Å². The average molecular weight is 297 g/mol. The topological polar surface area (TPSA) is 107 Å². The summed E-state index contributed by atoms with van der Waals surface area (Å²) in [6.07, 6.45) is 3.12. The number of rotatable bonds is 3. The fraction of sp³-hybridized carbons (Fsp3) is 0.400. The van der Waals surface area contributed by atoms with Crippen molar-refractivity contribution in [2.24, 2.45) is 5.84 Å². The second kappa shape index (κ2) is 5.57. The third-order valence-electron chi connectivity index (χ3n) is 2.79. The second-order valence-electron chi connectivity index (χ2n) is 4.11. The lowest BCUT2D eigenvalue weighted by molar-refractivity contribution is 0.122. The minimum absolute atomic E-state index is 0.267. The summed E-state index contributed by atoms with van der Waals surface area (Å²) in [5.74, 6) is 6.54. The lowest BCUT2D eigenvalue weighted by Crippen LogP contribution is -2.37. The molecular formula is C10H13ClN8O. The van der Waals surface area contributed by atoms with Gasteiger partial charge in [0.2, 0.25) is 11.9 Å². The normalized spacial score (nSPS) is 15.4. The number of hydrogen-bond acceptors (Lipinski definition) is 8. The van der Waals surface area contributed by atoms with Crippen molar-refractivity contribution in [1.82, 2.24) is 24.7 Å². The van der Waals surface area contributed by atoms with Gasteiger partial charge in [-0.2, -0.15) is 20.1 Å². The fourth-order valence-corrected chi connectivity index (χ4v) is 1.97. The quantitative estimate of drug-likeness (QED) is 0.594. The Morgan fingerprint density at radius 1 is 1.20 bits per heavy atom. The van der Waals surface area contributed by atoms with Gasteiger partial charge in [0.05, 0.1) is 30.6 Å². The number of anilines is 2. The standard InChI is InChI=1S/C10H13ClN8O/c11-7-5-13-19(6-7)10-15-8(17-12)14-9(16-10)18-1-3-20-4-2-18/h5-6H,1-4,12H2,(H,14,15,16,17). The van der Waals surface area contributed by atoms with E-state index in [-0.39, 0.29) is 5.95 Å². The van der Waals surface area contributed by atoms with Crippen molar-refractivity contribution < 1.29 is 4.74 Å². The number of hydrogen-bond donors (Lipinski definition) is 2. The number of halogens is 1. The lowest BCUT2D eigenvalue weighted by atomic mass is 10.4. The molecule has 20 heavy (non-hydrogen) atoms. The minimum Gasteiger partial charge on any atom is -0.378 e. The molecule has 0 spiro atoms. The molecule has 2 aromatic heterocycles. The first kappa shape index (κ1) is 13.0. The number of aromatic nitrogens is 5. The Hall–Kier alpha value is -1.97. The molecule has 1 aliphatic heterocycles.